The number of carbonyl (C=O) groups excluding carboxylic acids is 1. The minimum Gasteiger partial charge on any atom is -0.366 e. The molecule has 0 aliphatic heterocycles. The van der Waals surface area contributed by atoms with E-state index in [1.54, 1.807) is 24.3 Å². The molecular weight excluding hydrogens is 316 g/mol. The second-order valence-electron chi connectivity index (χ2n) is 5.66. The smallest absolute Gasteiger partial charge is 0.257 e. The van der Waals surface area contributed by atoms with Crippen LogP contribution in [0.15, 0.2) is 64.5 Å². The number of aromatic nitrogens is 2. The Morgan fingerprint density at radius 3 is 2.76 bits per heavy atom. The van der Waals surface area contributed by atoms with E-state index in [1.165, 1.54) is 6.21 Å². The average Bonchev–Trinajstić information content (AvgIpc) is 2.96. The Morgan fingerprint density at radius 1 is 1.08 bits per heavy atom. The van der Waals surface area contributed by atoms with Crippen LogP contribution in [0.25, 0.3) is 21.8 Å². The van der Waals surface area contributed by atoms with Crippen molar-refractivity contribution in [3.8, 4) is 0 Å². The maximum Gasteiger partial charge on any atom is 0.257 e. The molecule has 0 unspecified atom stereocenters. The molecule has 0 bridgehead atoms. The Hall–Kier alpha value is -3.67. The lowest BCUT2D eigenvalue weighted by atomic mass is 10.1. The van der Waals surface area contributed by atoms with Crippen LogP contribution in [0, 0.1) is 0 Å². The van der Waals surface area contributed by atoms with Crippen molar-refractivity contribution < 1.29 is 4.79 Å². The first-order chi connectivity index (χ1) is 12.1. The second kappa shape index (κ2) is 5.76. The number of aliphatic imine (C=N–C) groups is 1. The molecule has 0 atom stereocenters. The van der Waals surface area contributed by atoms with Gasteiger partial charge in [0.2, 0.25) is 5.91 Å². The lowest BCUT2D eigenvalue weighted by Crippen LogP contribution is -2.10. The van der Waals surface area contributed by atoms with Crippen LogP contribution in [-0.4, -0.2) is 22.1 Å². The van der Waals surface area contributed by atoms with Crippen LogP contribution in [0.5, 0.6) is 0 Å². The van der Waals surface area contributed by atoms with E-state index in [2.05, 4.69) is 15.0 Å². The number of nitrogens with two attached hydrogens (primary N) is 1. The number of hydrogen-bond acceptors (Lipinski definition) is 3. The summed E-state index contributed by atoms with van der Waals surface area (Å²) in [6.45, 7) is 0. The van der Waals surface area contributed by atoms with Crippen molar-refractivity contribution in [3.05, 3.63) is 76.2 Å². The highest BCUT2D eigenvalue weighted by molar-refractivity contribution is 6.13. The van der Waals surface area contributed by atoms with Crippen molar-refractivity contribution in [1.29, 1.82) is 0 Å². The van der Waals surface area contributed by atoms with Crippen molar-refractivity contribution in [1.82, 2.24) is 9.97 Å². The molecule has 0 spiro atoms. The summed E-state index contributed by atoms with van der Waals surface area (Å²) in [6, 6.07) is 14.3. The van der Waals surface area contributed by atoms with E-state index in [4.69, 9.17) is 5.73 Å². The van der Waals surface area contributed by atoms with E-state index in [0.717, 1.165) is 21.8 Å². The van der Waals surface area contributed by atoms with Gasteiger partial charge in [0.25, 0.3) is 5.56 Å². The third-order valence-corrected chi connectivity index (χ3v) is 4.08. The largest absolute Gasteiger partial charge is 0.366 e. The third kappa shape index (κ3) is 2.59. The van der Waals surface area contributed by atoms with Crippen LogP contribution in [0.2, 0.25) is 0 Å². The number of rotatable bonds is 3. The molecule has 0 aliphatic rings. The van der Waals surface area contributed by atoms with Gasteiger partial charge >= 0.3 is 0 Å². The Bertz CT molecular complexity index is 1200. The molecule has 4 rings (SSSR count). The Morgan fingerprint density at radius 2 is 1.92 bits per heavy atom. The summed E-state index contributed by atoms with van der Waals surface area (Å²) in [6.07, 6.45) is 3.36. The monoisotopic (exact) mass is 330 g/mol. The lowest BCUT2D eigenvalue weighted by Gasteiger charge is -2.01. The number of carbonyl (C=O) groups is 1. The van der Waals surface area contributed by atoms with Gasteiger partial charge < -0.3 is 15.7 Å². The molecule has 1 amide bonds. The molecule has 122 valence electrons. The summed E-state index contributed by atoms with van der Waals surface area (Å²) in [7, 11) is 0. The van der Waals surface area contributed by atoms with Gasteiger partial charge in [-0.15, -0.1) is 0 Å². The van der Waals surface area contributed by atoms with E-state index >= 15 is 0 Å². The fraction of sp³-hybridized carbons (Fsp3) is 0. The number of hydrogen-bond donors (Lipinski definition) is 3. The van der Waals surface area contributed by atoms with E-state index in [-0.39, 0.29) is 5.56 Å². The summed E-state index contributed by atoms with van der Waals surface area (Å²) in [5.41, 5.74) is 8.16. The molecule has 0 saturated heterocycles. The molecule has 0 saturated carbocycles. The van der Waals surface area contributed by atoms with Gasteiger partial charge in [0.05, 0.1) is 11.3 Å². The van der Waals surface area contributed by atoms with Crippen LogP contribution in [0.4, 0.5) is 5.69 Å². The van der Waals surface area contributed by atoms with Crippen molar-refractivity contribution in [2.75, 3.05) is 0 Å². The summed E-state index contributed by atoms with van der Waals surface area (Å²) in [5, 5.41) is 1.75. The number of pyridine rings is 1. The Kier molecular flexibility index (Phi) is 3.43. The maximum absolute atomic E-state index is 12.3. The minimum atomic E-state index is -0.518. The maximum atomic E-state index is 12.3. The predicted octanol–water partition coefficient (Wildman–Crippen LogP) is 2.86. The molecule has 0 aliphatic carbocycles. The Balaban J connectivity index is 1.88. The number of nitrogens with one attached hydrogen (secondary N) is 2. The number of nitrogens with zero attached hydrogens (tertiary/aromatic N) is 1. The quantitative estimate of drug-likeness (QED) is 0.503. The SMILES string of the molecule is NC(=O)c1cccc(N=Cc2c(=O)[nH]c3ccc4[nH]cccc4c23)c1. The zero-order valence-electron chi connectivity index (χ0n) is 13.1. The summed E-state index contributed by atoms with van der Waals surface area (Å²) in [4.78, 5) is 34.0. The van der Waals surface area contributed by atoms with Crippen LogP contribution >= 0.6 is 0 Å². The fourth-order valence-electron chi connectivity index (χ4n) is 2.90. The molecule has 4 N–H and O–H groups in total. The molecular formula is C19H14N4O2. The van der Waals surface area contributed by atoms with Crippen molar-refractivity contribution in [2.45, 2.75) is 0 Å². The highest BCUT2D eigenvalue weighted by atomic mass is 16.1. The van der Waals surface area contributed by atoms with Gasteiger partial charge in [0.15, 0.2) is 0 Å². The van der Waals surface area contributed by atoms with Crippen LogP contribution in [0.3, 0.4) is 0 Å². The highest BCUT2D eigenvalue weighted by Crippen LogP contribution is 2.24. The summed E-state index contributed by atoms with van der Waals surface area (Å²) >= 11 is 0. The van der Waals surface area contributed by atoms with Crippen LogP contribution in [-0.2, 0) is 0 Å². The number of fused-ring (bicyclic) bond motifs is 3. The second-order valence-corrected chi connectivity index (χ2v) is 5.66. The molecule has 2 aromatic heterocycles. The summed E-state index contributed by atoms with van der Waals surface area (Å²) < 4.78 is 0. The molecule has 6 heteroatoms. The van der Waals surface area contributed by atoms with Gasteiger partial charge in [-0.05, 0) is 36.4 Å². The molecule has 2 heterocycles. The Labute approximate surface area is 142 Å². The lowest BCUT2D eigenvalue weighted by molar-refractivity contribution is 0.100. The van der Waals surface area contributed by atoms with Crippen molar-refractivity contribution in [2.24, 2.45) is 10.7 Å². The standard InChI is InChI=1S/C19H14N4O2/c20-18(24)11-3-1-4-12(9-11)22-10-14-17-13-5-2-8-21-15(13)6-7-16(17)23-19(14)25/h1-10,21H,(H2,20,24)(H,23,25). The van der Waals surface area contributed by atoms with Crippen molar-refractivity contribution in [3.63, 3.8) is 0 Å². The molecule has 0 fully saturated rings. The highest BCUT2D eigenvalue weighted by Gasteiger charge is 2.11. The molecule has 6 nitrogen and oxygen atoms in total. The summed E-state index contributed by atoms with van der Waals surface area (Å²) in [5.74, 6) is -0.518. The molecule has 4 aromatic rings. The first-order valence-corrected chi connectivity index (χ1v) is 7.69. The number of amides is 1. The average molecular weight is 330 g/mol. The predicted molar refractivity (Wildman–Crippen MR) is 98.6 cm³/mol. The van der Waals surface area contributed by atoms with E-state index in [0.29, 0.717) is 16.8 Å². The zero-order chi connectivity index (χ0) is 17.4. The van der Waals surface area contributed by atoms with Crippen LogP contribution in [0.1, 0.15) is 15.9 Å². The number of benzene rings is 2. The van der Waals surface area contributed by atoms with Crippen LogP contribution < -0.4 is 11.3 Å². The van der Waals surface area contributed by atoms with E-state index in [9.17, 15) is 9.59 Å². The third-order valence-electron chi connectivity index (χ3n) is 4.08. The number of aromatic amines is 2. The first kappa shape index (κ1) is 14.9. The molecule has 2 aromatic carbocycles. The topological polar surface area (TPSA) is 104 Å². The molecule has 25 heavy (non-hydrogen) atoms. The number of H-pyrrole nitrogens is 2. The fourth-order valence-corrected chi connectivity index (χ4v) is 2.90. The van der Waals surface area contributed by atoms with Crippen molar-refractivity contribution >= 4 is 39.6 Å². The van der Waals surface area contributed by atoms with Gasteiger partial charge in [-0.3, -0.25) is 14.6 Å². The van der Waals surface area contributed by atoms with Gasteiger partial charge in [-0.25, -0.2) is 0 Å². The van der Waals surface area contributed by atoms with Gasteiger partial charge in [-0.1, -0.05) is 12.1 Å². The van der Waals surface area contributed by atoms with Gasteiger partial charge in [0.1, 0.15) is 0 Å². The normalized spacial score (nSPS) is 11.5. The van der Waals surface area contributed by atoms with E-state index < -0.39 is 5.91 Å². The zero-order valence-corrected chi connectivity index (χ0v) is 13.1. The van der Waals surface area contributed by atoms with Gasteiger partial charge in [-0.2, -0.15) is 0 Å². The molecule has 0 radical (unpaired) electrons. The minimum absolute atomic E-state index is 0.207. The first-order valence-electron chi connectivity index (χ1n) is 7.69. The van der Waals surface area contributed by atoms with Gasteiger partial charge in [0, 0.05) is 39.8 Å². The van der Waals surface area contributed by atoms with E-state index in [1.807, 2.05) is 30.5 Å². The number of primary amides is 1.